The predicted molar refractivity (Wildman–Crippen MR) is 117 cm³/mol. The Morgan fingerprint density at radius 3 is 2.24 bits per heavy atom. The molecule has 7 heteroatoms. The van der Waals surface area contributed by atoms with Crippen LogP contribution >= 0.6 is 11.8 Å². The molecular formula is C22H25N5OS. The number of carbonyl (C=O) groups excluding carboxylic acids is 1. The molecular weight excluding hydrogens is 382 g/mol. The van der Waals surface area contributed by atoms with Crippen LogP contribution in [-0.2, 0) is 6.54 Å². The summed E-state index contributed by atoms with van der Waals surface area (Å²) in [6.45, 7) is 3.59. The summed E-state index contributed by atoms with van der Waals surface area (Å²) >= 11 is 1.58. The van der Waals surface area contributed by atoms with Crippen molar-refractivity contribution < 1.29 is 4.79 Å². The summed E-state index contributed by atoms with van der Waals surface area (Å²) in [6.07, 6.45) is 3.86. The number of para-hydroxylation sites is 2. The summed E-state index contributed by atoms with van der Waals surface area (Å²) in [4.78, 5) is 17.5. The molecule has 0 spiro atoms. The van der Waals surface area contributed by atoms with Gasteiger partial charge in [0.25, 0.3) is 0 Å². The molecule has 1 aliphatic rings. The maximum Gasteiger partial charge on any atom is 0.329 e. The predicted octanol–water partition coefficient (Wildman–Crippen LogP) is 5.12. The number of likely N-dealkylation sites (tertiary alicyclic amines) is 1. The van der Waals surface area contributed by atoms with Crippen LogP contribution in [0.25, 0.3) is 0 Å². The zero-order valence-corrected chi connectivity index (χ0v) is 17.5. The highest BCUT2D eigenvalue weighted by atomic mass is 32.2. The number of anilines is 2. The van der Waals surface area contributed by atoms with Crippen LogP contribution in [0.2, 0.25) is 0 Å². The highest BCUT2D eigenvalue weighted by Gasteiger charge is 2.37. The number of hydrogen-bond acceptors (Lipinski definition) is 4. The molecule has 150 valence electrons. The van der Waals surface area contributed by atoms with E-state index >= 15 is 0 Å². The molecule has 0 radical (unpaired) electrons. The number of aromatic nitrogens is 3. The summed E-state index contributed by atoms with van der Waals surface area (Å²) in [7, 11) is 0. The fraction of sp³-hybridized carbons (Fsp3) is 0.318. The van der Waals surface area contributed by atoms with E-state index in [1.165, 1.54) is 0 Å². The van der Waals surface area contributed by atoms with Gasteiger partial charge in [-0.05, 0) is 50.3 Å². The second kappa shape index (κ2) is 8.69. The number of rotatable bonds is 5. The summed E-state index contributed by atoms with van der Waals surface area (Å²) in [5, 5.41) is 9.68. The van der Waals surface area contributed by atoms with Crippen LogP contribution < -0.4 is 4.90 Å². The quantitative estimate of drug-likeness (QED) is 0.551. The van der Waals surface area contributed by atoms with E-state index in [2.05, 4.69) is 21.7 Å². The molecule has 1 atom stereocenters. The van der Waals surface area contributed by atoms with Gasteiger partial charge < -0.3 is 9.47 Å². The Morgan fingerprint density at radius 2 is 1.69 bits per heavy atom. The largest absolute Gasteiger partial charge is 0.329 e. The van der Waals surface area contributed by atoms with E-state index in [1.54, 1.807) is 16.7 Å². The Kier molecular flexibility index (Phi) is 5.85. The van der Waals surface area contributed by atoms with Crippen molar-refractivity contribution in [3.8, 4) is 0 Å². The molecule has 2 amide bonds. The minimum Gasteiger partial charge on any atom is -0.314 e. The Morgan fingerprint density at radius 1 is 1.07 bits per heavy atom. The highest BCUT2D eigenvalue weighted by Crippen LogP contribution is 2.36. The Balaban J connectivity index is 1.71. The zero-order chi connectivity index (χ0) is 20.2. The molecule has 1 unspecified atom stereocenters. The van der Waals surface area contributed by atoms with E-state index in [0.717, 1.165) is 41.7 Å². The normalized spacial score (nSPS) is 16.2. The first-order valence-electron chi connectivity index (χ1n) is 9.92. The SMILES string of the molecule is CCn1c(SC)nnc1C1CCCN1C(=O)N(c1ccccc1)c1ccccc1. The molecule has 0 N–H and O–H groups in total. The van der Waals surface area contributed by atoms with Crippen molar-refractivity contribution >= 4 is 29.2 Å². The Bertz CT molecular complexity index is 920. The van der Waals surface area contributed by atoms with Gasteiger partial charge in [0.15, 0.2) is 11.0 Å². The molecule has 0 saturated carbocycles. The molecule has 0 bridgehead atoms. The third-order valence-electron chi connectivity index (χ3n) is 5.26. The topological polar surface area (TPSA) is 54.3 Å². The van der Waals surface area contributed by atoms with Gasteiger partial charge in [-0.25, -0.2) is 4.79 Å². The van der Waals surface area contributed by atoms with Crippen LogP contribution in [0.4, 0.5) is 16.2 Å². The zero-order valence-electron chi connectivity index (χ0n) is 16.7. The van der Waals surface area contributed by atoms with Crippen molar-refractivity contribution in [2.45, 2.75) is 37.5 Å². The summed E-state index contributed by atoms with van der Waals surface area (Å²) in [5.74, 6) is 0.878. The second-order valence-corrected chi connectivity index (χ2v) is 7.70. The number of urea groups is 1. The second-order valence-electron chi connectivity index (χ2n) is 6.93. The van der Waals surface area contributed by atoms with Crippen molar-refractivity contribution in [2.75, 3.05) is 17.7 Å². The van der Waals surface area contributed by atoms with E-state index in [1.807, 2.05) is 71.8 Å². The number of thioether (sulfide) groups is 1. The van der Waals surface area contributed by atoms with Crippen molar-refractivity contribution in [2.24, 2.45) is 0 Å². The molecule has 1 fully saturated rings. The van der Waals surface area contributed by atoms with Gasteiger partial charge in [0.1, 0.15) is 0 Å². The van der Waals surface area contributed by atoms with E-state index in [-0.39, 0.29) is 12.1 Å². The van der Waals surface area contributed by atoms with Gasteiger partial charge in [0.05, 0.1) is 17.4 Å². The number of hydrogen-bond donors (Lipinski definition) is 0. The molecule has 1 saturated heterocycles. The maximum atomic E-state index is 13.8. The minimum atomic E-state index is -0.0641. The number of nitrogens with zero attached hydrogens (tertiary/aromatic N) is 5. The lowest BCUT2D eigenvalue weighted by atomic mass is 10.2. The first-order valence-corrected chi connectivity index (χ1v) is 11.1. The summed E-state index contributed by atoms with van der Waals surface area (Å²) in [6, 6.07) is 19.5. The van der Waals surface area contributed by atoms with Crippen molar-refractivity contribution in [3.05, 3.63) is 66.5 Å². The van der Waals surface area contributed by atoms with Gasteiger partial charge in [0.2, 0.25) is 0 Å². The average molecular weight is 408 g/mol. The standard InChI is InChI=1S/C22H25N5OS/c1-3-25-20(23-24-21(25)29-2)19-15-10-16-26(19)22(28)27(17-11-6-4-7-12-17)18-13-8-5-9-14-18/h4-9,11-14,19H,3,10,15-16H2,1-2H3. The van der Waals surface area contributed by atoms with Crippen LogP contribution in [-0.4, -0.2) is 38.5 Å². The van der Waals surface area contributed by atoms with Crippen molar-refractivity contribution in [1.82, 2.24) is 19.7 Å². The van der Waals surface area contributed by atoms with Crippen LogP contribution in [0.15, 0.2) is 65.8 Å². The van der Waals surface area contributed by atoms with Crippen molar-refractivity contribution in [1.29, 1.82) is 0 Å². The van der Waals surface area contributed by atoms with Crippen LogP contribution in [0.5, 0.6) is 0 Å². The molecule has 4 rings (SSSR count). The number of amides is 2. The average Bonchev–Trinajstić information content (AvgIpc) is 3.41. The van der Waals surface area contributed by atoms with E-state index in [0.29, 0.717) is 6.54 Å². The summed E-state index contributed by atoms with van der Waals surface area (Å²) in [5.41, 5.74) is 1.72. The number of carbonyl (C=O) groups is 1. The lowest BCUT2D eigenvalue weighted by Crippen LogP contribution is -2.41. The van der Waals surface area contributed by atoms with E-state index < -0.39 is 0 Å². The molecule has 2 aromatic carbocycles. The smallest absolute Gasteiger partial charge is 0.314 e. The van der Waals surface area contributed by atoms with Gasteiger partial charge in [-0.1, -0.05) is 48.2 Å². The summed E-state index contributed by atoms with van der Waals surface area (Å²) < 4.78 is 2.12. The monoisotopic (exact) mass is 407 g/mol. The lowest BCUT2D eigenvalue weighted by Gasteiger charge is -2.31. The van der Waals surface area contributed by atoms with Crippen LogP contribution in [0, 0.1) is 0 Å². The Labute approximate surface area is 175 Å². The van der Waals surface area contributed by atoms with E-state index in [4.69, 9.17) is 0 Å². The highest BCUT2D eigenvalue weighted by molar-refractivity contribution is 7.98. The third-order valence-corrected chi connectivity index (χ3v) is 5.93. The molecule has 29 heavy (non-hydrogen) atoms. The van der Waals surface area contributed by atoms with Gasteiger partial charge in [0, 0.05) is 13.1 Å². The Hall–Kier alpha value is -2.80. The fourth-order valence-corrected chi connectivity index (χ4v) is 4.48. The van der Waals surface area contributed by atoms with Gasteiger partial charge in [-0.2, -0.15) is 0 Å². The van der Waals surface area contributed by atoms with Gasteiger partial charge >= 0.3 is 6.03 Å². The molecule has 0 aliphatic carbocycles. The van der Waals surface area contributed by atoms with Gasteiger partial charge in [-0.15, -0.1) is 10.2 Å². The first-order chi connectivity index (χ1) is 14.2. The van der Waals surface area contributed by atoms with Crippen LogP contribution in [0.3, 0.4) is 0 Å². The molecule has 3 aromatic rings. The molecule has 2 heterocycles. The van der Waals surface area contributed by atoms with E-state index in [9.17, 15) is 4.79 Å². The number of benzene rings is 2. The fourth-order valence-electron chi connectivity index (χ4n) is 3.91. The lowest BCUT2D eigenvalue weighted by molar-refractivity contribution is 0.199. The first kappa shape index (κ1) is 19.5. The van der Waals surface area contributed by atoms with Gasteiger partial charge in [-0.3, -0.25) is 4.90 Å². The third kappa shape index (κ3) is 3.74. The molecule has 6 nitrogen and oxygen atoms in total. The molecule has 1 aliphatic heterocycles. The van der Waals surface area contributed by atoms with Crippen molar-refractivity contribution in [3.63, 3.8) is 0 Å². The maximum absolute atomic E-state index is 13.8. The van der Waals surface area contributed by atoms with Crippen LogP contribution in [0.1, 0.15) is 31.6 Å². The minimum absolute atomic E-state index is 0.0266. The molecule has 1 aromatic heterocycles.